The van der Waals surface area contributed by atoms with Crippen LogP contribution in [0.15, 0.2) is 35.5 Å². The SMILES string of the molecule is COc1ccc(F)cc1C(C)NS(=O)(=O)c1cn[nH]c1. The van der Waals surface area contributed by atoms with E-state index < -0.39 is 21.9 Å². The van der Waals surface area contributed by atoms with Crippen LogP contribution < -0.4 is 9.46 Å². The van der Waals surface area contributed by atoms with Gasteiger partial charge < -0.3 is 4.74 Å². The Morgan fingerprint density at radius 1 is 1.45 bits per heavy atom. The molecule has 0 aliphatic rings. The average Bonchev–Trinajstić information content (AvgIpc) is 2.92. The summed E-state index contributed by atoms with van der Waals surface area (Å²) in [5, 5.41) is 6.01. The Kier molecular flexibility index (Phi) is 4.05. The van der Waals surface area contributed by atoms with Crippen LogP contribution in [0.4, 0.5) is 4.39 Å². The largest absolute Gasteiger partial charge is 0.496 e. The van der Waals surface area contributed by atoms with Crippen LogP contribution in [0.2, 0.25) is 0 Å². The fourth-order valence-electron chi connectivity index (χ4n) is 1.79. The zero-order valence-electron chi connectivity index (χ0n) is 10.9. The van der Waals surface area contributed by atoms with E-state index in [0.717, 1.165) is 0 Å². The minimum Gasteiger partial charge on any atom is -0.496 e. The molecule has 2 rings (SSSR count). The molecule has 0 aliphatic carbocycles. The van der Waals surface area contributed by atoms with E-state index >= 15 is 0 Å². The van der Waals surface area contributed by atoms with Crippen molar-refractivity contribution in [3.05, 3.63) is 42.0 Å². The molecule has 2 N–H and O–H groups in total. The quantitative estimate of drug-likeness (QED) is 0.878. The van der Waals surface area contributed by atoms with Crippen molar-refractivity contribution >= 4 is 10.0 Å². The molecule has 0 radical (unpaired) electrons. The number of sulfonamides is 1. The molecule has 6 nitrogen and oxygen atoms in total. The molecular weight excluding hydrogens is 285 g/mol. The van der Waals surface area contributed by atoms with E-state index in [9.17, 15) is 12.8 Å². The van der Waals surface area contributed by atoms with Crippen LogP contribution >= 0.6 is 0 Å². The highest BCUT2D eigenvalue weighted by atomic mass is 32.2. The van der Waals surface area contributed by atoms with Crippen molar-refractivity contribution in [1.29, 1.82) is 0 Å². The highest BCUT2D eigenvalue weighted by Gasteiger charge is 2.21. The van der Waals surface area contributed by atoms with Gasteiger partial charge in [0.25, 0.3) is 0 Å². The van der Waals surface area contributed by atoms with Crippen molar-refractivity contribution in [2.75, 3.05) is 7.11 Å². The lowest BCUT2D eigenvalue weighted by atomic mass is 10.1. The van der Waals surface area contributed by atoms with Gasteiger partial charge in [-0.15, -0.1) is 0 Å². The van der Waals surface area contributed by atoms with E-state index in [4.69, 9.17) is 4.74 Å². The highest BCUT2D eigenvalue weighted by Crippen LogP contribution is 2.26. The maximum Gasteiger partial charge on any atom is 0.244 e. The maximum absolute atomic E-state index is 13.3. The third-order valence-corrected chi connectivity index (χ3v) is 4.28. The topological polar surface area (TPSA) is 84.1 Å². The van der Waals surface area contributed by atoms with Crippen molar-refractivity contribution in [2.24, 2.45) is 0 Å². The maximum atomic E-state index is 13.3. The Hall–Kier alpha value is -1.93. The summed E-state index contributed by atoms with van der Waals surface area (Å²) in [5.41, 5.74) is 0.416. The van der Waals surface area contributed by atoms with E-state index in [1.807, 2.05) is 0 Å². The molecule has 0 saturated heterocycles. The lowest BCUT2D eigenvalue weighted by molar-refractivity contribution is 0.403. The van der Waals surface area contributed by atoms with Gasteiger partial charge in [0.15, 0.2) is 0 Å². The van der Waals surface area contributed by atoms with Crippen molar-refractivity contribution in [3.63, 3.8) is 0 Å². The van der Waals surface area contributed by atoms with Gasteiger partial charge in [0.2, 0.25) is 10.0 Å². The molecule has 0 amide bonds. The van der Waals surface area contributed by atoms with Gasteiger partial charge in [-0.1, -0.05) is 0 Å². The second-order valence-electron chi connectivity index (χ2n) is 4.16. The van der Waals surface area contributed by atoms with Gasteiger partial charge in [0.1, 0.15) is 16.5 Å². The lowest BCUT2D eigenvalue weighted by Gasteiger charge is -2.17. The van der Waals surface area contributed by atoms with E-state index in [1.54, 1.807) is 6.92 Å². The molecule has 0 bridgehead atoms. The fourth-order valence-corrected chi connectivity index (χ4v) is 2.92. The molecule has 8 heteroatoms. The molecule has 1 atom stereocenters. The van der Waals surface area contributed by atoms with Crippen molar-refractivity contribution in [3.8, 4) is 5.75 Å². The van der Waals surface area contributed by atoms with Gasteiger partial charge in [-0.05, 0) is 25.1 Å². The van der Waals surface area contributed by atoms with Crippen LogP contribution in [0.25, 0.3) is 0 Å². The monoisotopic (exact) mass is 299 g/mol. The minimum atomic E-state index is -3.72. The van der Waals surface area contributed by atoms with Gasteiger partial charge in [0, 0.05) is 17.8 Å². The van der Waals surface area contributed by atoms with Crippen LogP contribution in [0.5, 0.6) is 5.75 Å². The molecule has 108 valence electrons. The zero-order chi connectivity index (χ0) is 14.8. The number of halogens is 1. The molecule has 1 unspecified atom stereocenters. The molecule has 1 heterocycles. The third-order valence-electron chi connectivity index (χ3n) is 2.77. The molecule has 0 fully saturated rings. The van der Waals surface area contributed by atoms with E-state index in [1.165, 1.54) is 37.7 Å². The van der Waals surface area contributed by atoms with Crippen LogP contribution in [0, 0.1) is 5.82 Å². The molecule has 0 saturated carbocycles. The lowest BCUT2D eigenvalue weighted by Crippen LogP contribution is -2.27. The summed E-state index contributed by atoms with van der Waals surface area (Å²) in [5.74, 6) is -0.0519. The van der Waals surface area contributed by atoms with Gasteiger partial charge in [-0.2, -0.15) is 5.10 Å². The van der Waals surface area contributed by atoms with Crippen molar-refractivity contribution in [2.45, 2.75) is 17.9 Å². The molecule has 1 aromatic heterocycles. The molecule has 0 aliphatic heterocycles. The van der Waals surface area contributed by atoms with Crippen molar-refractivity contribution < 1.29 is 17.5 Å². The summed E-state index contributed by atoms with van der Waals surface area (Å²) in [6, 6.07) is 3.29. The number of H-pyrrole nitrogens is 1. The minimum absolute atomic E-state index is 0.0136. The van der Waals surface area contributed by atoms with Gasteiger partial charge in [0.05, 0.1) is 13.3 Å². The summed E-state index contributed by atoms with van der Waals surface area (Å²) < 4.78 is 45.0. The number of benzene rings is 1. The predicted octanol–water partition coefficient (Wildman–Crippen LogP) is 1.60. The average molecular weight is 299 g/mol. The van der Waals surface area contributed by atoms with Gasteiger partial charge >= 0.3 is 0 Å². The number of nitrogens with zero attached hydrogens (tertiary/aromatic N) is 1. The van der Waals surface area contributed by atoms with Gasteiger partial charge in [-0.3, -0.25) is 5.10 Å². The first-order valence-electron chi connectivity index (χ1n) is 5.78. The van der Waals surface area contributed by atoms with E-state index in [2.05, 4.69) is 14.9 Å². The number of hydrogen-bond acceptors (Lipinski definition) is 4. The normalized spacial score (nSPS) is 13.2. The molecule has 20 heavy (non-hydrogen) atoms. The summed E-state index contributed by atoms with van der Waals surface area (Å²) in [6.07, 6.45) is 2.45. The Morgan fingerprint density at radius 2 is 2.20 bits per heavy atom. The van der Waals surface area contributed by atoms with Crippen LogP contribution in [0.1, 0.15) is 18.5 Å². The standard InChI is InChI=1S/C12H14FN3O3S/c1-8(11-5-9(13)3-4-12(11)19-2)16-20(17,18)10-6-14-15-7-10/h3-8,16H,1-2H3,(H,14,15). The highest BCUT2D eigenvalue weighted by molar-refractivity contribution is 7.89. The molecule has 0 spiro atoms. The number of hydrogen-bond donors (Lipinski definition) is 2. The number of rotatable bonds is 5. The Morgan fingerprint density at radius 3 is 2.80 bits per heavy atom. The first-order chi connectivity index (χ1) is 9.44. The van der Waals surface area contributed by atoms with E-state index in [0.29, 0.717) is 11.3 Å². The number of nitrogens with one attached hydrogen (secondary N) is 2. The number of aromatic nitrogens is 2. The fraction of sp³-hybridized carbons (Fsp3) is 0.250. The van der Waals surface area contributed by atoms with Crippen LogP contribution in [-0.4, -0.2) is 25.7 Å². The first-order valence-corrected chi connectivity index (χ1v) is 7.27. The Balaban J connectivity index is 2.29. The Labute approximate surface area is 116 Å². The van der Waals surface area contributed by atoms with E-state index in [-0.39, 0.29) is 4.90 Å². The number of aromatic amines is 1. The smallest absolute Gasteiger partial charge is 0.244 e. The predicted molar refractivity (Wildman–Crippen MR) is 70.3 cm³/mol. The summed E-state index contributed by atoms with van der Waals surface area (Å²) in [7, 11) is -2.29. The second-order valence-corrected chi connectivity index (χ2v) is 5.88. The molecular formula is C12H14FN3O3S. The summed E-state index contributed by atoms with van der Waals surface area (Å²) in [4.78, 5) is 0.0136. The zero-order valence-corrected chi connectivity index (χ0v) is 11.7. The van der Waals surface area contributed by atoms with Crippen molar-refractivity contribution in [1.82, 2.24) is 14.9 Å². The second kappa shape index (κ2) is 5.59. The first kappa shape index (κ1) is 14.5. The summed E-state index contributed by atoms with van der Waals surface area (Å²) >= 11 is 0. The summed E-state index contributed by atoms with van der Waals surface area (Å²) in [6.45, 7) is 1.61. The van der Waals surface area contributed by atoms with Crippen LogP contribution in [0.3, 0.4) is 0 Å². The number of methoxy groups -OCH3 is 1. The molecule has 1 aromatic carbocycles. The number of ether oxygens (including phenoxy) is 1. The molecule has 2 aromatic rings. The Bertz CT molecular complexity index is 686. The van der Waals surface area contributed by atoms with Crippen LogP contribution in [-0.2, 0) is 10.0 Å². The van der Waals surface area contributed by atoms with Gasteiger partial charge in [-0.25, -0.2) is 17.5 Å². The third kappa shape index (κ3) is 2.97.